The third-order valence-electron chi connectivity index (χ3n) is 2.37. The van der Waals surface area contributed by atoms with Gasteiger partial charge in [0.25, 0.3) is 0 Å². The van der Waals surface area contributed by atoms with Crippen LogP contribution in [0.1, 0.15) is 13.8 Å². The molecule has 1 aromatic rings. The smallest absolute Gasteiger partial charge is 0.0663 e. The van der Waals surface area contributed by atoms with Gasteiger partial charge in [0.2, 0.25) is 0 Å². The Hall–Kier alpha value is -1.02. The van der Waals surface area contributed by atoms with Crippen molar-refractivity contribution in [1.82, 2.24) is 0 Å². The van der Waals surface area contributed by atoms with Crippen molar-refractivity contribution in [3.63, 3.8) is 0 Å². The molecule has 0 amide bonds. The summed E-state index contributed by atoms with van der Waals surface area (Å²) in [6.45, 7) is 6.12. The lowest BCUT2D eigenvalue weighted by molar-refractivity contribution is 0.182. The van der Waals surface area contributed by atoms with E-state index in [9.17, 15) is 0 Å². The van der Waals surface area contributed by atoms with Crippen molar-refractivity contribution in [1.29, 1.82) is 0 Å². The monoisotopic (exact) mass is 193 g/mol. The molecule has 14 heavy (non-hydrogen) atoms. The average Bonchev–Trinajstić information content (AvgIpc) is 2.21. The molecule has 1 aromatic carbocycles. The van der Waals surface area contributed by atoms with Gasteiger partial charge in [-0.15, -0.1) is 0 Å². The van der Waals surface area contributed by atoms with E-state index in [4.69, 9.17) is 4.74 Å². The molecule has 0 aliphatic rings. The van der Waals surface area contributed by atoms with Crippen LogP contribution in [0, 0.1) is 0 Å². The number of nitrogens with zero attached hydrogens (tertiary/aromatic N) is 1. The molecular weight excluding hydrogens is 174 g/mol. The van der Waals surface area contributed by atoms with E-state index in [1.165, 1.54) is 5.69 Å². The number of ether oxygens (including phenoxy) is 1. The standard InChI is InChI=1S/C12H19NO/c1-4-13(11(2)10-14-3)12-8-6-5-7-9-12/h5-9,11H,4,10H2,1-3H3. The second-order valence-corrected chi connectivity index (χ2v) is 3.43. The van der Waals surface area contributed by atoms with Gasteiger partial charge in [0.05, 0.1) is 6.61 Å². The average molecular weight is 193 g/mol. The van der Waals surface area contributed by atoms with Crippen LogP contribution < -0.4 is 4.90 Å². The third kappa shape index (κ3) is 2.74. The first-order chi connectivity index (χ1) is 6.79. The van der Waals surface area contributed by atoms with Crippen LogP contribution in [0.3, 0.4) is 0 Å². The van der Waals surface area contributed by atoms with Gasteiger partial charge in [-0.3, -0.25) is 0 Å². The van der Waals surface area contributed by atoms with Crippen LogP contribution in [0.15, 0.2) is 30.3 Å². The maximum absolute atomic E-state index is 5.17. The van der Waals surface area contributed by atoms with Gasteiger partial charge in [-0.25, -0.2) is 0 Å². The number of para-hydroxylation sites is 1. The number of benzene rings is 1. The first kappa shape index (κ1) is 11.1. The number of methoxy groups -OCH3 is 1. The molecule has 0 bridgehead atoms. The van der Waals surface area contributed by atoms with Crippen LogP contribution in [0.2, 0.25) is 0 Å². The zero-order valence-electron chi connectivity index (χ0n) is 9.23. The summed E-state index contributed by atoms with van der Waals surface area (Å²) in [6, 6.07) is 10.9. The van der Waals surface area contributed by atoms with Gasteiger partial charge in [0.15, 0.2) is 0 Å². The molecule has 78 valence electrons. The van der Waals surface area contributed by atoms with Crippen molar-refractivity contribution >= 4 is 5.69 Å². The summed E-state index contributed by atoms with van der Waals surface area (Å²) in [5.41, 5.74) is 1.26. The fourth-order valence-electron chi connectivity index (χ4n) is 1.70. The third-order valence-corrected chi connectivity index (χ3v) is 2.37. The highest BCUT2D eigenvalue weighted by Crippen LogP contribution is 2.15. The Morgan fingerprint density at radius 3 is 2.43 bits per heavy atom. The molecule has 0 aromatic heterocycles. The lowest BCUT2D eigenvalue weighted by atomic mass is 10.2. The lowest BCUT2D eigenvalue weighted by Gasteiger charge is -2.29. The molecule has 0 saturated carbocycles. The summed E-state index contributed by atoms with van der Waals surface area (Å²) in [4.78, 5) is 2.34. The molecule has 0 saturated heterocycles. The number of likely N-dealkylation sites (N-methyl/N-ethyl adjacent to an activating group) is 1. The molecule has 0 spiro atoms. The van der Waals surface area contributed by atoms with Gasteiger partial charge in [0.1, 0.15) is 0 Å². The van der Waals surface area contributed by atoms with Crippen LogP contribution in [0.25, 0.3) is 0 Å². The van der Waals surface area contributed by atoms with Crippen LogP contribution in [-0.4, -0.2) is 26.3 Å². The van der Waals surface area contributed by atoms with E-state index in [1.54, 1.807) is 7.11 Å². The number of hydrogen-bond donors (Lipinski definition) is 0. The molecule has 2 nitrogen and oxygen atoms in total. The van der Waals surface area contributed by atoms with E-state index >= 15 is 0 Å². The Morgan fingerprint density at radius 2 is 1.93 bits per heavy atom. The SMILES string of the molecule is CCN(c1ccccc1)C(C)COC. The molecule has 0 aliphatic carbocycles. The molecule has 1 atom stereocenters. The molecule has 0 N–H and O–H groups in total. The van der Waals surface area contributed by atoms with Crippen LogP contribution >= 0.6 is 0 Å². The van der Waals surface area contributed by atoms with E-state index in [0.717, 1.165) is 13.2 Å². The minimum atomic E-state index is 0.424. The summed E-state index contributed by atoms with van der Waals surface area (Å²) in [5, 5.41) is 0. The first-order valence-corrected chi connectivity index (χ1v) is 5.10. The fraction of sp³-hybridized carbons (Fsp3) is 0.500. The molecule has 0 radical (unpaired) electrons. The highest BCUT2D eigenvalue weighted by Gasteiger charge is 2.11. The summed E-state index contributed by atoms with van der Waals surface area (Å²) in [7, 11) is 1.75. The van der Waals surface area contributed by atoms with Crippen molar-refractivity contribution in [3.05, 3.63) is 30.3 Å². The van der Waals surface area contributed by atoms with Gasteiger partial charge in [-0.1, -0.05) is 18.2 Å². The van der Waals surface area contributed by atoms with Crippen LogP contribution in [0.5, 0.6) is 0 Å². The minimum Gasteiger partial charge on any atom is -0.383 e. The molecule has 0 heterocycles. The maximum Gasteiger partial charge on any atom is 0.0663 e. The number of rotatable bonds is 5. The normalized spacial score (nSPS) is 12.5. The molecule has 1 unspecified atom stereocenters. The van der Waals surface area contributed by atoms with Gasteiger partial charge in [-0.05, 0) is 26.0 Å². The summed E-state index contributed by atoms with van der Waals surface area (Å²) < 4.78 is 5.17. The van der Waals surface area contributed by atoms with Gasteiger partial charge < -0.3 is 9.64 Å². The second kappa shape index (κ2) is 5.66. The topological polar surface area (TPSA) is 12.5 Å². The van der Waals surface area contributed by atoms with E-state index in [-0.39, 0.29) is 0 Å². The zero-order valence-corrected chi connectivity index (χ0v) is 9.23. The van der Waals surface area contributed by atoms with Crippen molar-refractivity contribution in [2.45, 2.75) is 19.9 Å². The number of anilines is 1. The summed E-state index contributed by atoms with van der Waals surface area (Å²) in [5.74, 6) is 0. The first-order valence-electron chi connectivity index (χ1n) is 5.10. The van der Waals surface area contributed by atoms with Gasteiger partial charge >= 0.3 is 0 Å². The Balaban J connectivity index is 2.71. The van der Waals surface area contributed by atoms with Crippen molar-refractivity contribution in [2.75, 3.05) is 25.2 Å². The predicted octanol–water partition coefficient (Wildman–Crippen LogP) is 2.55. The second-order valence-electron chi connectivity index (χ2n) is 3.43. The van der Waals surface area contributed by atoms with E-state index in [1.807, 2.05) is 6.07 Å². The highest BCUT2D eigenvalue weighted by molar-refractivity contribution is 5.46. The van der Waals surface area contributed by atoms with Gasteiger partial charge in [0, 0.05) is 25.4 Å². The molecule has 1 rings (SSSR count). The van der Waals surface area contributed by atoms with E-state index < -0.39 is 0 Å². The van der Waals surface area contributed by atoms with E-state index in [2.05, 4.69) is 43.0 Å². The fourth-order valence-corrected chi connectivity index (χ4v) is 1.70. The predicted molar refractivity (Wildman–Crippen MR) is 60.8 cm³/mol. The maximum atomic E-state index is 5.17. The number of hydrogen-bond acceptors (Lipinski definition) is 2. The Bertz CT molecular complexity index is 248. The summed E-state index contributed by atoms with van der Waals surface area (Å²) >= 11 is 0. The molecule has 2 heteroatoms. The quantitative estimate of drug-likeness (QED) is 0.712. The Kier molecular flexibility index (Phi) is 4.47. The Labute approximate surface area is 86.5 Å². The van der Waals surface area contributed by atoms with Crippen molar-refractivity contribution < 1.29 is 4.74 Å². The zero-order chi connectivity index (χ0) is 10.4. The van der Waals surface area contributed by atoms with Crippen molar-refractivity contribution in [2.24, 2.45) is 0 Å². The Morgan fingerprint density at radius 1 is 1.29 bits per heavy atom. The molecular formula is C12H19NO. The largest absolute Gasteiger partial charge is 0.383 e. The van der Waals surface area contributed by atoms with Crippen LogP contribution in [0.4, 0.5) is 5.69 Å². The highest BCUT2D eigenvalue weighted by atomic mass is 16.5. The van der Waals surface area contributed by atoms with Gasteiger partial charge in [-0.2, -0.15) is 0 Å². The summed E-state index contributed by atoms with van der Waals surface area (Å²) in [6.07, 6.45) is 0. The van der Waals surface area contributed by atoms with Crippen LogP contribution in [-0.2, 0) is 4.74 Å². The molecule has 0 aliphatic heterocycles. The lowest BCUT2D eigenvalue weighted by Crippen LogP contribution is -2.36. The van der Waals surface area contributed by atoms with Crippen molar-refractivity contribution in [3.8, 4) is 0 Å². The van der Waals surface area contributed by atoms with E-state index in [0.29, 0.717) is 6.04 Å². The minimum absolute atomic E-state index is 0.424. The molecule has 0 fully saturated rings.